The zero-order chi connectivity index (χ0) is 19.4. The second-order valence-corrected chi connectivity index (χ2v) is 8.35. The summed E-state index contributed by atoms with van der Waals surface area (Å²) in [5.74, 6) is 0. The minimum atomic E-state index is -4.37. The van der Waals surface area contributed by atoms with Gasteiger partial charge >= 0.3 is 6.18 Å². The first-order valence-corrected chi connectivity index (χ1v) is 10.3. The first kappa shape index (κ1) is 23.3. The quantitative estimate of drug-likeness (QED) is 0.389. The zero-order valence-electron chi connectivity index (χ0n) is 15.0. The van der Waals surface area contributed by atoms with E-state index in [1.54, 1.807) is 0 Å². The third-order valence-electron chi connectivity index (χ3n) is 4.32. The van der Waals surface area contributed by atoms with Crippen molar-refractivity contribution in [3.8, 4) is 0 Å². The van der Waals surface area contributed by atoms with Crippen LogP contribution in [0.5, 0.6) is 0 Å². The average molecular weight is 497 g/mol. The molecule has 154 valence electrons. The van der Waals surface area contributed by atoms with Crippen molar-refractivity contribution in [2.75, 3.05) is 31.5 Å². The first-order chi connectivity index (χ1) is 12.9. The van der Waals surface area contributed by atoms with Crippen LogP contribution < -0.4 is 16.4 Å². The number of anilines is 1. The topological polar surface area (TPSA) is 50.1 Å². The number of rotatable bonds is 7. The SMILES string of the molecule is Cl.NCCNCCCNc1cc(C(F)(F)F)cc2c1Cc1ccc(Br)cc1S2. The summed E-state index contributed by atoms with van der Waals surface area (Å²) in [7, 11) is 0. The second-order valence-electron chi connectivity index (χ2n) is 6.35. The normalized spacial score (nSPS) is 12.8. The van der Waals surface area contributed by atoms with E-state index in [0.717, 1.165) is 40.0 Å². The Balaban J connectivity index is 0.00000280. The van der Waals surface area contributed by atoms with Gasteiger partial charge in [0.15, 0.2) is 0 Å². The van der Waals surface area contributed by atoms with Gasteiger partial charge in [-0.1, -0.05) is 33.8 Å². The molecule has 1 aliphatic rings. The van der Waals surface area contributed by atoms with Crippen LogP contribution in [0.15, 0.2) is 44.6 Å². The summed E-state index contributed by atoms with van der Waals surface area (Å²) in [5, 5.41) is 6.39. The molecule has 0 aliphatic carbocycles. The molecule has 3 nitrogen and oxygen atoms in total. The summed E-state index contributed by atoms with van der Waals surface area (Å²) in [6, 6.07) is 8.44. The number of fused-ring (bicyclic) bond motifs is 2. The van der Waals surface area contributed by atoms with E-state index in [2.05, 4.69) is 26.6 Å². The molecule has 9 heteroatoms. The molecular weight excluding hydrogens is 475 g/mol. The molecule has 2 aromatic carbocycles. The summed E-state index contributed by atoms with van der Waals surface area (Å²) in [6.45, 7) is 2.68. The van der Waals surface area contributed by atoms with Crippen LogP contribution in [-0.2, 0) is 12.6 Å². The molecule has 0 amide bonds. The van der Waals surface area contributed by atoms with Gasteiger partial charge in [0.05, 0.1) is 5.56 Å². The number of nitrogens with one attached hydrogen (secondary N) is 2. The zero-order valence-corrected chi connectivity index (χ0v) is 18.3. The molecule has 0 unspecified atom stereocenters. The lowest BCUT2D eigenvalue weighted by molar-refractivity contribution is -0.137. The summed E-state index contributed by atoms with van der Waals surface area (Å²) in [6.07, 6.45) is -2.94. The van der Waals surface area contributed by atoms with Gasteiger partial charge in [0.2, 0.25) is 0 Å². The van der Waals surface area contributed by atoms with E-state index >= 15 is 0 Å². The van der Waals surface area contributed by atoms with E-state index in [0.29, 0.717) is 30.1 Å². The molecule has 1 aliphatic heterocycles. The lowest BCUT2D eigenvalue weighted by atomic mass is 10.00. The van der Waals surface area contributed by atoms with Crippen LogP contribution in [0.25, 0.3) is 0 Å². The predicted octanol–water partition coefficient (Wildman–Crippen LogP) is 5.30. The fourth-order valence-corrected chi connectivity index (χ4v) is 4.68. The lowest BCUT2D eigenvalue weighted by Gasteiger charge is -2.24. The Kier molecular flexibility index (Phi) is 8.51. The smallest absolute Gasteiger partial charge is 0.385 e. The van der Waals surface area contributed by atoms with Gasteiger partial charge in [-0.05, 0) is 48.4 Å². The fraction of sp³-hybridized carbons (Fsp3) is 0.368. The summed E-state index contributed by atoms with van der Waals surface area (Å²) >= 11 is 4.83. The molecule has 2 aromatic rings. The Hall–Kier alpha value is -0.930. The van der Waals surface area contributed by atoms with Gasteiger partial charge in [-0.2, -0.15) is 13.2 Å². The van der Waals surface area contributed by atoms with Crippen molar-refractivity contribution in [2.24, 2.45) is 5.73 Å². The molecule has 0 fully saturated rings. The average Bonchev–Trinajstić information content (AvgIpc) is 2.61. The third-order valence-corrected chi connectivity index (χ3v) is 6.00. The Morgan fingerprint density at radius 3 is 2.57 bits per heavy atom. The van der Waals surface area contributed by atoms with E-state index in [1.165, 1.54) is 23.9 Å². The summed E-state index contributed by atoms with van der Waals surface area (Å²) in [5.41, 5.74) is 7.44. The minimum Gasteiger partial charge on any atom is -0.385 e. The largest absolute Gasteiger partial charge is 0.416 e. The van der Waals surface area contributed by atoms with Gasteiger partial charge in [0, 0.05) is 46.0 Å². The maximum atomic E-state index is 13.4. The summed E-state index contributed by atoms with van der Waals surface area (Å²) in [4.78, 5) is 1.66. The standard InChI is InChI=1S/C19H21BrF3N3S.ClH/c20-14-3-2-12-8-15-16(26-6-1-5-25-7-4-24)9-13(19(21,22)23)10-18(15)27-17(12)11-14;/h2-3,9-11,25-26H,1,4-8,24H2;1H. The predicted molar refractivity (Wildman–Crippen MR) is 115 cm³/mol. The second kappa shape index (κ2) is 10.2. The van der Waals surface area contributed by atoms with E-state index in [-0.39, 0.29) is 12.4 Å². The van der Waals surface area contributed by atoms with Gasteiger partial charge in [0.1, 0.15) is 0 Å². The number of halogens is 5. The highest BCUT2D eigenvalue weighted by Gasteiger charge is 2.33. The molecule has 28 heavy (non-hydrogen) atoms. The maximum absolute atomic E-state index is 13.4. The van der Waals surface area contributed by atoms with Crippen molar-refractivity contribution in [2.45, 2.75) is 28.8 Å². The van der Waals surface area contributed by atoms with Gasteiger partial charge in [-0.15, -0.1) is 12.4 Å². The van der Waals surface area contributed by atoms with Crippen molar-refractivity contribution in [1.29, 1.82) is 0 Å². The van der Waals surface area contributed by atoms with Crippen molar-refractivity contribution in [1.82, 2.24) is 5.32 Å². The third kappa shape index (κ3) is 5.79. The van der Waals surface area contributed by atoms with Gasteiger partial charge in [0.25, 0.3) is 0 Å². The van der Waals surface area contributed by atoms with Gasteiger partial charge in [-0.25, -0.2) is 0 Å². The first-order valence-electron chi connectivity index (χ1n) is 8.73. The lowest BCUT2D eigenvalue weighted by Crippen LogP contribution is -2.24. The molecule has 0 saturated carbocycles. The van der Waals surface area contributed by atoms with Crippen LogP contribution >= 0.6 is 40.1 Å². The molecule has 4 N–H and O–H groups in total. The highest BCUT2D eigenvalue weighted by Crippen LogP contribution is 2.46. The molecule has 3 rings (SSSR count). The Morgan fingerprint density at radius 1 is 1.07 bits per heavy atom. The molecule has 0 saturated heterocycles. The van der Waals surface area contributed by atoms with Crippen molar-refractivity contribution in [3.63, 3.8) is 0 Å². The van der Waals surface area contributed by atoms with Crippen LogP contribution in [0, 0.1) is 0 Å². The highest BCUT2D eigenvalue weighted by molar-refractivity contribution is 9.10. The van der Waals surface area contributed by atoms with Crippen LogP contribution in [0.4, 0.5) is 18.9 Å². The van der Waals surface area contributed by atoms with E-state index < -0.39 is 11.7 Å². The Morgan fingerprint density at radius 2 is 1.86 bits per heavy atom. The Labute approximate surface area is 181 Å². The van der Waals surface area contributed by atoms with Crippen molar-refractivity contribution >= 4 is 45.8 Å². The van der Waals surface area contributed by atoms with Crippen LogP contribution in [0.1, 0.15) is 23.1 Å². The molecule has 0 bridgehead atoms. The molecule has 0 aromatic heterocycles. The van der Waals surface area contributed by atoms with E-state index in [1.807, 2.05) is 18.2 Å². The van der Waals surface area contributed by atoms with Crippen molar-refractivity contribution in [3.05, 3.63) is 51.5 Å². The number of hydrogen-bond donors (Lipinski definition) is 3. The number of benzene rings is 2. The molecule has 0 radical (unpaired) electrons. The number of nitrogens with two attached hydrogens (primary N) is 1. The highest BCUT2D eigenvalue weighted by atomic mass is 79.9. The van der Waals surface area contributed by atoms with Crippen molar-refractivity contribution < 1.29 is 13.2 Å². The minimum absolute atomic E-state index is 0. The van der Waals surface area contributed by atoms with Gasteiger partial charge in [-0.3, -0.25) is 0 Å². The van der Waals surface area contributed by atoms with E-state index in [4.69, 9.17) is 5.73 Å². The molecular formula is C19H22BrClF3N3S. The van der Waals surface area contributed by atoms with Gasteiger partial charge < -0.3 is 16.4 Å². The molecule has 0 spiro atoms. The fourth-order valence-electron chi connectivity index (χ4n) is 2.98. The number of alkyl halides is 3. The van der Waals surface area contributed by atoms with Crippen LogP contribution in [-0.4, -0.2) is 26.2 Å². The Bertz CT molecular complexity index is 818. The molecule has 0 atom stereocenters. The summed E-state index contributed by atoms with van der Waals surface area (Å²) < 4.78 is 41.0. The monoisotopic (exact) mass is 495 g/mol. The van der Waals surface area contributed by atoms with Crippen LogP contribution in [0.3, 0.4) is 0 Å². The number of hydrogen-bond acceptors (Lipinski definition) is 4. The molecule has 1 heterocycles. The van der Waals surface area contributed by atoms with E-state index in [9.17, 15) is 13.2 Å². The maximum Gasteiger partial charge on any atom is 0.416 e. The van der Waals surface area contributed by atoms with Crippen LogP contribution in [0.2, 0.25) is 0 Å².